The van der Waals surface area contributed by atoms with Crippen LogP contribution in [0.4, 0.5) is 0 Å². The third-order valence-corrected chi connectivity index (χ3v) is 9.89. The summed E-state index contributed by atoms with van der Waals surface area (Å²) in [4.78, 5) is 11.6. The highest BCUT2D eigenvalue weighted by Gasteiger charge is 2.36. The van der Waals surface area contributed by atoms with Crippen LogP contribution < -0.4 is 5.73 Å². The molecule has 2 aromatic rings. The molecule has 0 atom stereocenters. The Morgan fingerprint density at radius 3 is 2.46 bits per heavy atom. The molecule has 0 fully saturated rings. The lowest BCUT2D eigenvalue weighted by Gasteiger charge is -2.36. The van der Waals surface area contributed by atoms with E-state index in [1.807, 2.05) is 42.8 Å². The van der Waals surface area contributed by atoms with E-state index in [2.05, 4.69) is 33.9 Å². The Balaban J connectivity index is 2.15. The van der Waals surface area contributed by atoms with Crippen LogP contribution in [0.5, 0.6) is 0 Å². The molecule has 26 heavy (non-hydrogen) atoms. The van der Waals surface area contributed by atoms with Gasteiger partial charge in [0.2, 0.25) is 5.91 Å². The van der Waals surface area contributed by atoms with Crippen molar-refractivity contribution in [2.75, 3.05) is 6.61 Å². The summed E-state index contributed by atoms with van der Waals surface area (Å²) in [5.41, 5.74) is 9.69. The third kappa shape index (κ3) is 4.43. The molecule has 0 bridgehead atoms. The van der Waals surface area contributed by atoms with E-state index in [0.29, 0.717) is 18.7 Å². The zero-order valence-electron chi connectivity index (χ0n) is 17.0. The van der Waals surface area contributed by atoms with Crippen molar-refractivity contribution in [1.29, 1.82) is 0 Å². The summed E-state index contributed by atoms with van der Waals surface area (Å²) in [7, 11) is -1.75. The number of hydrogen-bond donors (Lipinski definition) is 1. The summed E-state index contributed by atoms with van der Waals surface area (Å²) in [6, 6.07) is 7.72. The molecule has 0 radical (unpaired) electrons. The molecule has 1 amide bonds. The van der Waals surface area contributed by atoms with Crippen molar-refractivity contribution in [1.82, 2.24) is 9.78 Å². The van der Waals surface area contributed by atoms with E-state index in [-0.39, 0.29) is 5.04 Å². The average Bonchev–Trinajstić information content (AvgIpc) is 2.87. The number of hydrogen-bond acceptors (Lipinski definition) is 3. The fourth-order valence-electron chi connectivity index (χ4n) is 2.53. The summed E-state index contributed by atoms with van der Waals surface area (Å²) in [5.74, 6) is -0.414. The van der Waals surface area contributed by atoms with Gasteiger partial charge in [0.15, 0.2) is 8.32 Å². The normalized spacial score (nSPS) is 12.4. The number of aromatic nitrogens is 2. The molecule has 0 unspecified atom stereocenters. The predicted octanol–water partition coefficient (Wildman–Crippen LogP) is 4.29. The third-order valence-electron chi connectivity index (χ3n) is 5.35. The SMILES string of the molecule is Cc1ccc(-c2cc(C)n(CCO[Si](C)(C)C(C)(C)C)n2)cc1C(N)=O. The highest BCUT2D eigenvalue weighted by atomic mass is 28.4. The second-order valence-corrected chi connectivity index (χ2v) is 13.2. The van der Waals surface area contributed by atoms with Crippen LogP contribution >= 0.6 is 0 Å². The number of benzene rings is 1. The number of amides is 1. The number of carbonyl (C=O) groups is 1. The minimum atomic E-state index is -1.75. The van der Waals surface area contributed by atoms with Crippen molar-refractivity contribution in [3.8, 4) is 11.3 Å². The maximum Gasteiger partial charge on any atom is 0.248 e. The van der Waals surface area contributed by atoms with E-state index in [0.717, 1.165) is 22.5 Å². The molecule has 0 aliphatic rings. The van der Waals surface area contributed by atoms with Gasteiger partial charge in [-0.05, 0) is 49.7 Å². The zero-order valence-corrected chi connectivity index (χ0v) is 18.0. The standard InChI is InChI=1S/C20H31N3O2Si/c1-14-8-9-16(13-17(14)19(21)24)18-12-15(2)23(22-18)10-11-25-26(6,7)20(3,4)5/h8-9,12-13H,10-11H2,1-7H3,(H2,21,24). The summed E-state index contributed by atoms with van der Waals surface area (Å²) in [6.45, 7) is 16.5. The van der Waals surface area contributed by atoms with E-state index in [4.69, 9.17) is 15.3 Å². The highest BCUT2D eigenvalue weighted by Crippen LogP contribution is 2.36. The second kappa shape index (κ2) is 7.37. The number of aryl methyl sites for hydroxylation is 2. The minimum Gasteiger partial charge on any atom is -0.415 e. The largest absolute Gasteiger partial charge is 0.415 e. The summed E-state index contributed by atoms with van der Waals surface area (Å²) < 4.78 is 8.22. The van der Waals surface area contributed by atoms with Gasteiger partial charge >= 0.3 is 0 Å². The van der Waals surface area contributed by atoms with Crippen LogP contribution in [0.15, 0.2) is 24.3 Å². The van der Waals surface area contributed by atoms with Gasteiger partial charge in [-0.1, -0.05) is 32.9 Å². The van der Waals surface area contributed by atoms with Gasteiger partial charge in [0.05, 0.1) is 18.8 Å². The van der Waals surface area contributed by atoms with Gasteiger partial charge in [0, 0.05) is 16.8 Å². The molecule has 6 heteroatoms. The topological polar surface area (TPSA) is 70.1 Å². The molecule has 0 saturated heterocycles. The van der Waals surface area contributed by atoms with Gasteiger partial charge in [-0.25, -0.2) is 0 Å². The molecule has 5 nitrogen and oxygen atoms in total. The van der Waals surface area contributed by atoms with Gasteiger partial charge in [-0.3, -0.25) is 9.48 Å². The van der Waals surface area contributed by atoms with Crippen molar-refractivity contribution >= 4 is 14.2 Å². The highest BCUT2D eigenvalue weighted by molar-refractivity contribution is 6.74. The van der Waals surface area contributed by atoms with Gasteiger partial charge in [0.1, 0.15) is 0 Å². The molecule has 142 valence electrons. The van der Waals surface area contributed by atoms with Crippen molar-refractivity contribution in [2.45, 2.75) is 59.3 Å². The lowest BCUT2D eigenvalue weighted by atomic mass is 10.0. The number of nitrogens with two attached hydrogens (primary N) is 1. The summed E-state index contributed by atoms with van der Waals surface area (Å²) in [5, 5.41) is 4.89. The van der Waals surface area contributed by atoms with Crippen molar-refractivity contribution in [3.05, 3.63) is 41.1 Å². The molecular weight excluding hydrogens is 342 g/mol. The van der Waals surface area contributed by atoms with E-state index in [1.54, 1.807) is 0 Å². The Hall–Kier alpha value is -1.92. The Bertz CT molecular complexity index is 804. The Morgan fingerprint density at radius 2 is 1.88 bits per heavy atom. The average molecular weight is 374 g/mol. The molecule has 2 N–H and O–H groups in total. The Kier molecular flexibility index (Phi) is 5.78. The fourth-order valence-corrected chi connectivity index (χ4v) is 3.56. The lowest BCUT2D eigenvalue weighted by Crippen LogP contribution is -2.41. The van der Waals surface area contributed by atoms with Crippen LogP contribution in [-0.2, 0) is 11.0 Å². The van der Waals surface area contributed by atoms with E-state index < -0.39 is 14.2 Å². The number of nitrogens with zero attached hydrogens (tertiary/aromatic N) is 2. The maximum absolute atomic E-state index is 11.6. The second-order valence-electron chi connectivity index (χ2n) is 8.40. The quantitative estimate of drug-likeness (QED) is 0.768. The van der Waals surface area contributed by atoms with Crippen LogP contribution in [-0.4, -0.2) is 30.6 Å². The molecule has 1 aromatic carbocycles. The van der Waals surface area contributed by atoms with Crippen molar-refractivity contribution in [3.63, 3.8) is 0 Å². The molecule has 1 aromatic heterocycles. The first-order chi connectivity index (χ1) is 11.9. The molecule has 0 saturated carbocycles. The van der Waals surface area contributed by atoms with Crippen LogP contribution in [0.1, 0.15) is 42.4 Å². The smallest absolute Gasteiger partial charge is 0.248 e. The van der Waals surface area contributed by atoms with Crippen LogP contribution in [0.3, 0.4) is 0 Å². The molecule has 2 rings (SSSR count). The van der Waals surface area contributed by atoms with Gasteiger partial charge < -0.3 is 10.2 Å². The zero-order chi connectivity index (χ0) is 19.7. The first-order valence-corrected chi connectivity index (χ1v) is 11.9. The molecular formula is C20H31N3O2Si. The van der Waals surface area contributed by atoms with Gasteiger partial charge in [-0.15, -0.1) is 0 Å². The minimum absolute atomic E-state index is 0.199. The number of rotatable bonds is 6. The van der Waals surface area contributed by atoms with E-state index in [1.165, 1.54) is 0 Å². The molecule has 0 aliphatic carbocycles. The summed E-state index contributed by atoms with van der Waals surface area (Å²) in [6.07, 6.45) is 0. The fraction of sp³-hybridized carbons (Fsp3) is 0.500. The van der Waals surface area contributed by atoms with E-state index >= 15 is 0 Å². The monoisotopic (exact) mass is 373 g/mol. The first-order valence-electron chi connectivity index (χ1n) is 9.01. The van der Waals surface area contributed by atoms with E-state index in [9.17, 15) is 4.79 Å². The molecule has 0 spiro atoms. The van der Waals surface area contributed by atoms with Crippen molar-refractivity contribution < 1.29 is 9.22 Å². The lowest BCUT2D eigenvalue weighted by molar-refractivity contribution is 0.0999. The van der Waals surface area contributed by atoms with Crippen LogP contribution in [0.25, 0.3) is 11.3 Å². The van der Waals surface area contributed by atoms with Crippen LogP contribution in [0.2, 0.25) is 18.1 Å². The predicted molar refractivity (Wildman–Crippen MR) is 109 cm³/mol. The maximum atomic E-state index is 11.6. The first kappa shape index (κ1) is 20.4. The van der Waals surface area contributed by atoms with Gasteiger partial charge in [-0.2, -0.15) is 5.10 Å². The number of carbonyl (C=O) groups excluding carboxylic acids is 1. The molecule has 0 aliphatic heterocycles. The Labute approximate surface area is 157 Å². The number of primary amides is 1. The Morgan fingerprint density at radius 1 is 1.23 bits per heavy atom. The van der Waals surface area contributed by atoms with Gasteiger partial charge in [0.25, 0.3) is 0 Å². The molecule has 1 heterocycles. The van der Waals surface area contributed by atoms with Crippen molar-refractivity contribution in [2.24, 2.45) is 5.73 Å². The summed E-state index contributed by atoms with van der Waals surface area (Å²) >= 11 is 0. The van der Waals surface area contributed by atoms with Crippen LogP contribution in [0, 0.1) is 13.8 Å².